The molecule has 2 aromatic rings. The van der Waals surface area contributed by atoms with Crippen LogP contribution in [0, 0.1) is 13.8 Å². The molecule has 1 saturated heterocycles. The zero-order valence-corrected chi connectivity index (χ0v) is 15.2. The zero-order chi connectivity index (χ0) is 17.1. The molecule has 0 bridgehead atoms. The van der Waals surface area contributed by atoms with E-state index in [0.29, 0.717) is 26.3 Å². The van der Waals surface area contributed by atoms with E-state index in [-0.39, 0.29) is 11.2 Å². The number of carbonyl (C=O) groups excluding carboxylic acids is 1. The Morgan fingerprint density at radius 1 is 1.29 bits per heavy atom. The van der Waals surface area contributed by atoms with Gasteiger partial charge in [-0.05, 0) is 38.0 Å². The van der Waals surface area contributed by atoms with E-state index in [1.807, 2.05) is 18.0 Å². The van der Waals surface area contributed by atoms with Crippen LogP contribution in [0.1, 0.15) is 18.1 Å². The van der Waals surface area contributed by atoms with Gasteiger partial charge in [0, 0.05) is 25.5 Å². The second kappa shape index (κ2) is 7.40. The standard InChI is InChI=1S/C18H23N3O2S/c1-13-5-4-6-16(14(13)2)21-8-7-19-18(21)24-15(3)17(22)20-9-11-23-12-10-20/h4-8,15H,9-12H2,1-3H3. The normalized spacial score (nSPS) is 16.2. The number of benzene rings is 1. The Morgan fingerprint density at radius 3 is 2.79 bits per heavy atom. The molecule has 1 aromatic heterocycles. The molecule has 2 heterocycles. The van der Waals surface area contributed by atoms with Crippen molar-refractivity contribution in [2.24, 2.45) is 0 Å². The van der Waals surface area contributed by atoms with Crippen LogP contribution in [0.25, 0.3) is 5.69 Å². The fourth-order valence-corrected chi connectivity index (χ4v) is 3.77. The summed E-state index contributed by atoms with van der Waals surface area (Å²) >= 11 is 1.51. The van der Waals surface area contributed by atoms with Gasteiger partial charge in [-0.25, -0.2) is 4.98 Å². The van der Waals surface area contributed by atoms with Crippen LogP contribution >= 0.6 is 11.8 Å². The summed E-state index contributed by atoms with van der Waals surface area (Å²) in [7, 11) is 0. The van der Waals surface area contributed by atoms with Crippen molar-refractivity contribution in [3.05, 3.63) is 41.7 Å². The van der Waals surface area contributed by atoms with Crippen molar-refractivity contribution in [1.29, 1.82) is 0 Å². The predicted molar refractivity (Wildman–Crippen MR) is 95.8 cm³/mol. The van der Waals surface area contributed by atoms with E-state index in [1.165, 1.54) is 22.9 Å². The summed E-state index contributed by atoms with van der Waals surface area (Å²) in [5.74, 6) is 0.152. The number of ether oxygens (including phenoxy) is 1. The van der Waals surface area contributed by atoms with Gasteiger partial charge in [-0.2, -0.15) is 0 Å². The van der Waals surface area contributed by atoms with Crippen LogP contribution in [0.15, 0.2) is 35.7 Å². The Bertz CT molecular complexity index is 723. The molecule has 1 amide bonds. The van der Waals surface area contributed by atoms with Gasteiger partial charge in [0.05, 0.1) is 24.2 Å². The van der Waals surface area contributed by atoms with Crippen LogP contribution in [0.2, 0.25) is 0 Å². The average Bonchev–Trinajstić information content (AvgIpc) is 3.05. The highest BCUT2D eigenvalue weighted by Gasteiger charge is 2.24. The first-order valence-electron chi connectivity index (χ1n) is 8.21. The van der Waals surface area contributed by atoms with Gasteiger partial charge in [-0.1, -0.05) is 23.9 Å². The lowest BCUT2D eigenvalue weighted by atomic mass is 10.1. The number of morpholine rings is 1. The topological polar surface area (TPSA) is 47.4 Å². The number of aromatic nitrogens is 2. The van der Waals surface area contributed by atoms with Crippen molar-refractivity contribution in [2.75, 3.05) is 26.3 Å². The number of thioether (sulfide) groups is 1. The van der Waals surface area contributed by atoms with Crippen LogP contribution in [0.4, 0.5) is 0 Å². The molecule has 6 heteroatoms. The first kappa shape index (κ1) is 17.0. The Balaban J connectivity index is 1.78. The Kier molecular flexibility index (Phi) is 5.26. The van der Waals surface area contributed by atoms with Gasteiger partial charge >= 0.3 is 0 Å². The summed E-state index contributed by atoms with van der Waals surface area (Å²) in [5.41, 5.74) is 3.58. The SMILES string of the molecule is Cc1cccc(-n2ccnc2SC(C)C(=O)N2CCOCC2)c1C. The lowest BCUT2D eigenvalue weighted by molar-refractivity contribution is -0.134. The Morgan fingerprint density at radius 2 is 2.04 bits per heavy atom. The minimum Gasteiger partial charge on any atom is -0.378 e. The van der Waals surface area contributed by atoms with Crippen molar-refractivity contribution in [2.45, 2.75) is 31.2 Å². The molecule has 1 fully saturated rings. The number of nitrogens with zero attached hydrogens (tertiary/aromatic N) is 3. The van der Waals surface area contributed by atoms with Crippen LogP contribution < -0.4 is 0 Å². The second-order valence-electron chi connectivity index (χ2n) is 6.00. The van der Waals surface area contributed by atoms with Crippen LogP contribution in [0.5, 0.6) is 0 Å². The molecule has 1 aromatic carbocycles. The molecule has 5 nitrogen and oxygen atoms in total. The lowest BCUT2D eigenvalue weighted by Gasteiger charge is -2.29. The highest BCUT2D eigenvalue weighted by atomic mass is 32.2. The fraction of sp³-hybridized carbons (Fsp3) is 0.444. The highest BCUT2D eigenvalue weighted by Crippen LogP contribution is 2.27. The van der Waals surface area contributed by atoms with E-state index in [9.17, 15) is 4.79 Å². The van der Waals surface area contributed by atoms with E-state index >= 15 is 0 Å². The molecule has 1 atom stereocenters. The summed E-state index contributed by atoms with van der Waals surface area (Å²) in [5, 5.41) is 0.673. The third-order valence-electron chi connectivity index (χ3n) is 4.40. The van der Waals surface area contributed by atoms with E-state index in [4.69, 9.17) is 4.74 Å². The maximum absolute atomic E-state index is 12.6. The number of hydrogen-bond acceptors (Lipinski definition) is 4. The van der Waals surface area contributed by atoms with Gasteiger partial charge in [0.2, 0.25) is 5.91 Å². The van der Waals surface area contributed by atoms with Gasteiger partial charge in [0.15, 0.2) is 5.16 Å². The summed E-state index contributed by atoms with van der Waals surface area (Å²) in [6.07, 6.45) is 3.74. The van der Waals surface area contributed by atoms with E-state index in [2.05, 4.69) is 41.6 Å². The van der Waals surface area contributed by atoms with Crippen molar-refractivity contribution in [1.82, 2.24) is 14.5 Å². The van der Waals surface area contributed by atoms with Crippen LogP contribution in [-0.4, -0.2) is 51.9 Å². The molecule has 0 spiro atoms. The van der Waals surface area contributed by atoms with Crippen molar-refractivity contribution < 1.29 is 9.53 Å². The monoisotopic (exact) mass is 345 g/mol. The third-order valence-corrected chi connectivity index (χ3v) is 5.46. The van der Waals surface area contributed by atoms with Gasteiger partial charge in [-0.3, -0.25) is 9.36 Å². The van der Waals surface area contributed by atoms with Gasteiger partial charge in [0.1, 0.15) is 0 Å². The molecule has 3 rings (SSSR count). The van der Waals surface area contributed by atoms with Gasteiger partial charge < -0.3 is 9.64 Å². The molecular formula is C18H23N3O2S. The van der Waals surface area contributed by atoms with Crippen LogP contribution in [-0.2, 0) is 9.53 Å². The number of carbonyl (C=O) groups is 1. The van der Waals surface area contributed by atoms with E-state index in [0.717, 1.165) is 10.8 Å². The second-order valence-corrected chi connectivity index (χ2v) is 7.30. The smallest absolute Gasteiger partial charge is 0.236 e. The molecule has 1 aliphatic rings. The van der Waals surface area contributed by atoms with E-state index in [1.54, 1.807) is 6.20 Å². The van der Waals surface area contributed by atoms with E-state index < -0.39 is 0 Å². The number of amides is 1. The Hall–Kier alpha value is -1.79. The maximum Gasteiger partial charge on any atom is 0.236 e. The number of imidazole rings is 1. The van der Waals surface area contributed by atoms with Gasteiger partial charge in [0.25, 0.3) is 0 Å². The molecule has 0 saturated carbocycles. The predicted octanol–water partition coefficient (Wildman–Crippen LogP) is 2.83. The first-order valence-corrected chi connectivity index (χ1v) is 9.09. The molecule has 1 unspecified atom stereocenters. The van der Waals surface area contributed by atoms with Crippen LogP contribution in [0.3, 0.4) is 0 Å². The summed E-state index contributed by atoms with van der Waals surface area (Å²) in [6.45, 7) is 8.77. The summed E-state index contributed by atoms with van der Waals surface area (Å²) in [6, 6.07) is 6.24. The number of aryl methyl sites for hydroxylation is 1. The molecule has 0 radical (unpaired) electrons. The fourth-order valence-electron chi connectivity index (χ4n) is 2.81. The molecular weight excluding hydrogens is 322 g/mol. The summed E-state index contributed by atoms with van der Waals surface area (Å²) in [4.78, 5) is 18.9. The van der Waals surface area contributed by atoms with Crippen molar-refractivity contribution in [3.63, 3.8) is 0 Å². The third kappa shape index (κ3) is 3.49. The minimum atomic E-state index is -0.172. The number of rotatable bonds is 4. The molecule has 128 valence electrons. The minimum absolute atomic E-state index is 0.152. The highest BCUT2D eigenvalue weighted by molar-refractivity contribution is 8.00. The first-order chi connectivity index (χ1) is 11.6. The average molecular weight is 345 g/mol. The molecule has 24 heavy (non-hydrogen) atoms. The maximum atomic E-state index is 12.6. The van der Waals surface area contributed by atoms with Gasteiger partial charge in [-0.15, -0.1) is 0 Å². The van der Waals surface area contributed by atoms with Crippen molar-refractivity contribution in [3.8, 4) is 5.69 Å². The van der Waals surface area contributed by atoms with Crippen molar-refractivity contribution >= 4 is 17.7 Å². The number of hydrogen-bond donors (Lipinski definition) is 0. The largest absolute Gasteiger partial charge is 0.378 e. The quantitative estimate of drug-likeness (QED) is 0.800. The molecule has 0 aliphatic carbocycles. The molecule has 0 N–H and O–H groups in total. The molecule has 1 aliphatic heterocycles. The zero-order valence-electron chi connectivity index (χ0n) is 14.4. The Labute approximate surface area is 147 Å². The summed E-state index contributed by atoms with van der Waals surface area (Å²) < 4.78 is 7.39. The lowest BCUT2D eigenvalue weighted by Crippen LogP contribution is -2.44.